The van der Waals surface area contributed by atoms with Gasteiger partial charge in [0.05, 0.1) is 0 Å². The second kappa shape index (κ2) is 11.2. The number of carbonyl (C=O) groups is 1. The largest absolute Gasteiger partial charge is 0.320 e. The molecule has 0 aliphatic carbocycles. The number of para-hydroxylation sites is 1. The van der Waals surface area contributed by atoms with Crippen LogP contribution in [-0.2, 0) is 0 Å². The van der Waals surface area contributed by atoms with Gasteiger partial charge in [0.15, 0.2) is 17.6 Å². The maximum absolute atomic E-state index is 14.1. The zero-order valence-corrected chi connectivity index (χ0v) is 22.9. The first-order valence-corrected chi connectivity index (χ1v) is 15.4. The molecule has 1 aromatic heterocycles. The molecule has 188 valence electrons. The summed E-state index contributed by atoms with van der Waals surface area (Å²) >= 11 is 1.62. The molecule has 0 bridgehead atoms. The smallest absolute Gasteiger partial charge is 0.279 e. The molecular weight excluding hydrogens is 515 g/mol. The van der Waals surface area contributed by atoms with Gasteiger partial charge < -0.3 is 5.32 Å². The monoisotopic (exact) mass is 541 g/mol. The number of benzene rings is 5. The van der Waals surface area contributed by atoms with Gasteiger partial charge in [0.1, 0.15) is 20.9 Å². The number of anilines is 1. The third kappa shape index (κ3) is 4.81. The van der Waals surface area contributed by atoms with Gasteiger partial charge in [0.2, 0.25) is 0 Å². The number of hydrogen-bond acceptors (Lipinski definition) is 3. The minimum Gasteiger partial charge on any atom is -0.320 e. The predicted molar refractivity (Wildman–Crippen MR) is 167 cm³/mol. The van der Waals surface area contributed by atoms with Crippen molar-refractivity contribution in [2.24, 2.45) is 0 Å². The van der Waals surface area contributed by atoms with Gasteiger partial charge in [-0.25, -0.2) is 4.98 Å². The lowest BCUT2D eigenvalue weighted by atomic mass is 10.2. The number of thiazole rings is 1. The van der Waals surface area contributed by atoms with E-state index in [0.29, 0.717) is 5.69 Å². The number of nitrogens with zero attached hydrogens (tertiary/aromatic N) is 1. The van der Waals surface area contributed by atoms with Gasteiger partial charge in [-0.1, -0.05) is 114 Å². The summed E-state index contributed by atoms with van der Waals surface area (Å²) in [5, 5.41) is 7.48. The molecule has 3 nitrogen and oxygen atoms in total. The molecule has 0 saturated heterocycles. The van der Waals surface area contributed by atoms with E-state index in [1.165, 1.54) is 15.9 Å². The number of carbonyl (C=O) groups excluding carboxylic acids is 1. The van der Waals surface area contributed by atoms with Crippen LogP contribution in [0.25, 0.3) is 10.6 Å². The molecule has 0 fully saturated rings. The average molecular weight is 542 g/mol. The van der Waals surface area contributed by atoms with Crippen LogP contribution in [0.1, 0.15) is 10.5 Å². The summed E-state index contributed by atoms with van der Waals surface area (Å²) in [5.74, 6) is -0.207. The summed E-state index contributed by atoms with van der Waals surface area (Å²) in [6, 6.07) is 51.4. The highest BCUT2D eigenvalue weighted by molar-refractivity contribution is 8.04. The highest BCUT2D eigenvalue weighted by atomic mass is 32.1. The molecule has 1 amide bonds. The molecular formula is C34H26N2OPS+. The first kappa shape index (κ1) is 24.9. The van der Waals surface area contributed by atoms with Crippen molar-refractivity contribution in [3.63, 3.8) is 0 Å². The minimum absolute atomic E-state index is 0.207. The van der Waals surface area contributed by atoms with Crippen molar-refractivity contribution in [3.8, 4) is 10.6 Å². The van der Waals surface area contributed by atoms with Gasteiger partial charge in [-0.05, 0) is 48.5 Å². The van der Waals surface area contributed by atoms with Crippen LogP contribution in [0, 0.1) is 0 Å². The van der Waals surface area contributed by atoms with Crippen molar-refractivity contribution in [3.05, 3.63) is 157 Å². The van der Waals surface area contributed by atoms with Crippen LogP contribution >= 0.6 is 18.6 Å². The van der Waals surface area contributed by atoms with Crippen molar-refractivity contribution in [2.45, 2.75) is 0 Å². The fourth-order valence-electron chi connectivity index (χ4n) is 4.86. The SMILES string of the molecule is O=C(Nc1ccccc1)c1nc(-c2ccccc2)sc1[P+](c1ccccc1)(c1ccccc1)c1ccccc1. The van der Waals surface area contributed by atoms with Crippen molar-refractivity contribution in [2.75, 3.05) is 5.32 Å². The third-order valence-corrected chi connectivity index (χ3v) is 12.7. The summed E-state index contributed by atoms with van der Waals surface area (Å²) in [6.45, 7) is 0. The molecule has 5 heteroatoms. The molecule has 1 heterocycles. The summed E-state index contributed by atoms with van der Waals surface area (Å²) in [5.41, 5.74) is 2.20. The maximum Gasteiger partial charge on any atom is 0.279 e. The Morgan fingerprint density at radius 1 is 0.564 bits per heavy atom. The van der Waals surface area contributed by atoms with E-state index in [0.717, 1.165) is 20.9 Å². The number of aromatic nitrogens is 1. The number of nitrogens with one attached hydrogen (secondary N) is 1. The van der Waals surface area contributed by atoms with Gasteiger partial charge in [-0.15, -0.1) is 0 Å². The molecule has 1 N–H and O–H groups in total. The summed E-state index contributed by atoms with van der Waals surface area (Å²) < 4.78 is 0.985. The second-order valence-corrected chi connectivity index (χ2v) is 13.7. The minimum atomic E-state index is -2.51. The van der Waals surface area contributed by atoms with Crippen LogP contribution in [0.2, 0.25) is 0 Å². The van der Waals surface area contributed by atoms with E-state index in [2.05, 4.69) is 90.2 Å². The predicted octanol–water partition coefficient (Wildman–Crippen LogP) is 6.68. The van der Waals surface area contributed by atoms with Crippen molar-refractivity contribution in [1.29, 1.82) is 0 Å². The van der Waals surface area contributed by atoms with E-state index in [9.17, 15) is 4.79 Å². The molecule has 6 rings (SSSR count). The Morgan fingerprint density at radius 3 is 1.44 bits per heavy atom. The number of hydrogen-bond donors (Lipinski definition) is 1. The Balaban J connectivity index is 1.68. The lowest BCUT2D eigenvalue weighted by Gasteiger charge is -2.26. The summed E-state index contributed by atoms with van der Waals surface area (Å²) in [6.07, 6.45) is 0. The van der Waals surface area contributed by atoms with E-state index < -0.39 is 7.26 Å². The molecule has 0 atom stereocenters. The fourth-order valence-corrected chi connectivity index (χ4v) is 11.3. The Morgan fingerprint density at radius 2 is 0.974 bits per heavy atom. The third-order valence-electron chi connectivity index (χ3n) is 6.61. The topological polar surface area (TPSA) is 42.0 Å². The summed E-state index contributed by atoms with van der Waals surface area (Å²) in [4.78, 5) is 19.1. The van der Waals surface area contributed by atoms with Crippen molar-refractivity contribution < 1.29 is 4.79 Å². The van der Waals surface area contributed by atoms with Gasteiger partial charge in [-0.2, -0.15) is 0 Å². The van der Waals surface area contributed by atoms with Crippen LogP contribution in [0.3, 0.4) is 0 Å². The maximum atomic E-state index is 14.1. The van der Waals surface area contributed by atoms with E-state index in [1.807, 2.05) is 66.7 Å². The average Bonchev–Trinajstić information content (AvgIpc) is 3.46. The molecule has 5 aromatic carbocycles. The van der Waals surface area contributed by atoms with E-state index >= 15 is 0 Å². The Hall–Kier alpha value is -4.37. The molecule has 0 unspecified atom stereocenters. The second-order valence-electron chi connectivity index (χ2n) is 9.04. The van der Waals surface area contributed by atoms with E-state index in [-0.39, 0.29) is 5.91 Å². The van der Waals surface area contributed by atoms with Gasteiger partial charge in [-0.3, -0.25) is 4.79 Å². The van der Waals surface area contributed by atoms with Gasteiger partial charge >= 0.3 is 0 Å². The molecule has 39 heavy (non-hydrogen) atoms. The first-order chi connectivity index (χ1) is 19.3. The Labute approximate surface area is 233 Å². The van der Waals surface area contributed by atoms with Crippen molar-refractivity contribution in [1.82, 2.24) is 4.98 Å². The molecule has 6 aromatic rings. The summed E-state index contributed by atoms with van der Waals surface area (Å²) in [7, 11) is -2.51. The molecule has 0 saturated carbocycles. The molecule has 0 aliphatic rings. The van der Waals surface area contributed by atoms with Crippen LogP contribution in [0.5, 0.6) is 0 Å². The zero-order chi connectivity index (χ0) is 26.5. The van der Waals surface area contributed by atoms with E-state index in [1.54, 1.807) is 11.3 Å². The molecule has 0 aliphatic heterocycles. The van der Waals surface area contributed by atoms with Gasteiger partial charge in [0.25, 0.3) is 5.91 Å². The highest BCUT2D eigenvalue weighted by Crippen LogP contribution is 2.56. The van der Waals surface area contributed by atoms with Gasteiger partial charge in [0, 0.05) is 11.3 Å². The van der Waals surface area contributed by atoms with Crippen LogP contribution in [0.15, 0.2) is 152 Å². The molecule has 0 radical (unpaired) electrons. The fraction of sp³-hybridized carbons (Fsp3) is 0. The van der Waals surface area contributed by atoms with Crippen LogP contribution in [-0.4, -0.2) is 10.9 Å². The number of rotatable bonds is 7. The first-order valence-electron chi connectivity index (χ1n) is 12.8. The van der Waals surface area contributed by atoms with Crippen molar-refractivity contribution >= 4 is 50.7 Å². The zero-order valence-electron chi connectivity index (χ0n) is 21.1. The van der Waals surface area contributed by atoms with Crippen LogP contribution < -0.4 is 25.8 Å². The lowest BCUT2D eigenvalue weighted by Crippen LogP contribution is -2.40. The quantitative estimate of drug-likeness (QED) is 0.229. The Kier molecular flexibility index (Phi) is 7.14. The Bertz CT molecular complexity index is 1580. The normalized spacial score (nSPS) is 11.2. The lowest BCUT2D eigenvalue weighted by molar-refractivity contribution is 0.102. The number of amides is 1. The van der Waals surface area contributed by atoms with E-state index in [4.69, 9.17) is 4.98 Å². The van der Waals surface area contributed by atoms with Crippen LogP contribution in [0.4, 0.5) is 5.69 Å². The molecule has 0 spiro atoms. The highest BCUT2D eigenvalue weighted by Gasteiger charge is 2.52. The standard InChI is InChI=1S/C34H25N2OPS/c37-32(35-27-18-8-2-9-19-27)31-34(39-33(36-31)26-16-6-1-7-17-26)38(28-20-10-3-11-21-28,29-22-12-4-13-23-29)30-24-14-5-15-25-30/h1-25H/p+1.